The number of aliphatic hydroxyl groups excluding tert-OH is 1. The van der Waals surface area contributed by atoms with E-state index < -0.39 is 29.1 Å². The van der Waals surface area contributed by atoms with Gasteiger partial charge in [-0.1, -0.05) is 38.8 Å². The van der Waals surface area contributed by atoms with Gasteiger partial charge in [-0.05, 0) is 56.9 Å². The van der Waals surface area contributed by atoms with E-state index in [9.17, 15) is 19.5 Å². The van der Waals surface area contributed by atoms with Crippen molar-refractivity contribution in [2.24, 2.45) is 11.8 Å². The largest absolute Gasteiger partial charge is 0.494 e. The Hall–Kier alpha value is -3.17. The van der Waals surface area contributed by atoms with Crippen molar-refractivity contribution in [3.63, 3.8) is 0 Å². The van der Waals surface area contributed by atoms with E-state index in [2.05, 4.69) is 20.1 Å². The number of carbonyl (C=O) groups excluding carboxylic acids is 3. The van der Waals surface area contributed by atoms with Crippen LogP contribution in [-0.2, 0) is 19.1 Å². The lowest BCUT2D eigenvalue weighted by atomic mass is 9.64. The summed E-state index contributed by atoms with van der Waals surface area (Å²) in [5.74, 6) is -1.62. The van der Waals surface area contributed by atoms with Crippen LogP contribution in [0.3, 0.4) is 0 Å². The van der Waals surface area contributed by atoms with E-state index in [-0.39, 0.29) is 37.4 Å². The molecule has 2 unspecified atom stereocenters. The minimum atomic E-state index is -1.14. The number of β-amino-alcohol motifs (C(OH)–C–C–N with tert-alkyl or cyclic N) is 1. The molecule has 1 aromatic rings. The molecule has 0 aromatic heterocycles. The van der Waals surface area contributed by atoms with Crippen molar-refractivity contribution in [3.05, 3.63) is 49.6 Å². The lowest BCUT2D eigenvalue weighted by Gasteiger charge is -2.37. The molecular weight excluding hydrogens is 534 g/mol. The SMILES string of the molecule is C=CCN(CCCCC)C(=O)C1N(CCO)C(=O)[C@@H]2[C@H](C(=O)N(CC=C)c3ccc(OCC)cc3)[C@]3(CC)CCC12O3. The van der Waals surface area contributed by atoms with Crippen molar-refractivity contribution in [2.75, 3.05) is 44.3 Å². The average molecular weight is 582 g/mol. The molecule has 230 valence electrons. The Balaban J connectivity index is 1.75. The smallest absolute Gasteiger partial charge is 0.248 e. The van der Waals surface area contributed by atoms with E-state index in [0.717, 1.165) is 19.3 Å². The lowest BCUT2D eigenvalue weighted by molar-refractivity contribution is -0.153. The molecule has 1 spiro atoms. The van der Waals surface area contributed by atoms with E-state index >= 15 is 0 Å². The quantitative estimate of drug-likeness (QED) is 0.234. The number of carbonyl (C=O) groups is 3. The topological polar surface area (TPSA) is 99.6 Å². The maximum atomic E-state index is 14.6. The Morgan fingerprint density at radius 2 is 1.81 bits per heavy atom. The van der Waals surface area contributed by atoms with Gasteiger partial charge < -0.3 is 29.3 Å². The van der Waals surface area contributed by atoms with E-state index in [0.29, 0.717) is 50.4 Å². The van der Waals surface area contributed by atoms with Crippen LogP contribution in [0, 0.1) is 11.8 Å². The number of fused-ring (bicyclic) bond motifs is 1. The zero-order valence-corrected chi connectivity index (χ0v) is 25.4. The van der Waals surface area contributed by atoms with Gasteiger partial charge in [0.2, 0.25) is 17.7 Å². The third-order valence-electron chi connectivity index (χ3n) is 9.25. The molecular formula is C33H47N3O6. The maximum absolute atomic E-state index is 14.6. The second-order valence-electron chi connectivity index (χ2n) is 11.5. The normalized spacial score (nSPS) is 27.6. The van der Waals surface area contributed by atoms with Crippen LogP contribution in [0.1, 0.15) is 59.3 Å². The number of hydrogen-bond acceptors (Lipinski definition) is 6. The van der Waals surface area contributed by atoms with Crippen molar-refractivity contribution in [1.29, 1.82) is 0 Å². The Labute approximate surface area is 250 Å². The fourth-order valence-electron chi connectivity index (χ4n) is 7.40. The van der Waals surface area contributed by atoms with Crippen molar-refractivity contribution in [3.8, 4) is 5.75 Å². The van der Waals surface area contributed by atoms with E-state index in [1.165, 1.54) is 4.90 Å². The fourth-order valence-corrected chi connectivity index (χ4v) is 7.40. The van der Waals surface area contributed by atoms with Gasteiger partial charge in [-0.25, -0.2) is 0 Å². The van der Waals surface area contributed by atoms with Gasteiger partial charge in [-0.2, -0.15) is 0 Å². The number of likely N-dealkylation sites (tertiary alicyclic amines) is 1. The zero-order valence-electron chi connectivity index (χ0n) is 25.4. The summed E-state index contributed by atoms with van der Waals surface area (Å²) in [6.07, 6.45) is 7.81. The molecule has 9 heteroatoms. The molecule has 0 aliphatic carbocycles. The van der Waals surface area contributed by atoms with Crippen molar-refractivity contribution in [2.45, 2.75) is 76.5 Å². The Morgan fingerprint density at radius 3 is 2.40 bits per heavy atom. The summed E-state index contributed by atoms with van der Waals surface area (Å²) in [4.78, 5) is 48.0. The maximum Gasteiger partial charge on any atom is 0.248 e. The first kappa shape index (κ1) is 31.8. The third-order valence-corrected chi connectivity index (χ3v) is 9.25. The van der Waals surface area contributed by atoms with Crippen LogP contribution in [0.4, 0.5) is 5.69 Å². The van der Waals surface area contributed by atoms with Crippen LogP contribution < -0.4 is 9.64 Å². The summed E-state index contributed by atoms with van der Waals surface area (Å²) in [5, 5.41) is 9.96. The molecule has 3 fully saturated rings. The highest BCUT2D eigenvalue weighted by Crippen LogP contribution is 2.64. The van der Waals surface area contributed by atoms with Gasteiger partial charge >= 0.3 is 0 Å². The Morgan fingerprint density at radius 1 is 1.10 bits per heavy atom. The number of ether oxygens (including phenoxy) is 2. The number of rotatable bonds is 16. The first-order valence-corrected chi connectivity index (χ1v) is 15.4. The summed E-state index contributed by atoms with van der Waals surface area (Å²) < 4.78 is 12.5. The van der Waals surface area contributed by atoms with Crippen LogP contribution in [-0.4, -0.2) is 89.3 Å². The predicted molar refractivity (Wildman–Crippen MR) is 162 cm³/mol. The van der Waals surface area contributed by atoms with Gasteiger partial charge in [0.1, 0.15) is 17.4 Å². The number of hydrogen-bond donors (Lipinski definition) is 1. The number of anilines is 1. The summed E-state index contributed by atoms with van der Waals surface area (Å²) in [6.45, 7) is 15.1. The highest BCUT2D eigenvalue weighted by molar-refractivity contribution is 6.03. The van der Waals surface area contributed by atoms with Crippen LogP contribution in [0.5, 0.6) is 5.75 Å². The molecule has 42 heavy (non-hydrogen) atoms. The summed E-state index contributed by atoms with van der Waals surface area (Å²) >= 11 is 0. The Kier molecular flexibility index (Phi) is 10.1. The Bertz CT molecular complexity index is 1150. The van der Waals surface area contributed by atoms with Gasteiger partial charge in [0.05, 0.1) is 30.7 Å². The molecule has 3 saturated heterocycles. The first-order chi connectivity index (χ1) is 20.3. The van der Waals surface area contributed by atoms with E-state index in [1.807, 2.05) is 38.1 Å². The van der Waals surface area contributed by atoms with E-state index in [1.54, 1.807) is 22.0 Å². The van der Waals surface area contributed by atoms with Crippen LogP contribution >= 0.6 is 0 Å². The molecule has 9 nitrogen and oxygen atoms in total. The summed E-state index contributed by atoms with van der Waals surface area (Å²) in [7, 11) is 0. The molecule has 0 radical (unpaired) electrons. The average Bonchev–Trinajstić information content (AvgIpc) is 3.59. The fraction of sp³-hybridized carbons (Fsp3) is 0.606. The van der Waals surface area contributed by atoms with Crippen molar-refractivity contribution < 1.29 is 29.0 Å². The predicted octanol–water partition coefficient (Wildman–Crippen LogP) is 3.96. The van der Waals surface area contributed by atoms with E-state index in [4.69, 9.17) is 9.47 Å². The number of unbranched alkanes of at least 4 members (excludes halogenated alkanes) is 2. The van der Waals surface area contributed by atoms with Crippen molar-refractivity contribution in [1.82, 2.24) is 9.80 Å². The second kappa shape index (κ2) is 13.4. The molecule has 5 atom stereocenters. The molecule has 4 rings (SSSR count). The van der Waals surface area contributed by atoms with Gasteiger partial charge in [0.25, 0.3) is 0 Å². The second-order valence-corrected chi connectivity index (χ2v) is 11.5. The minimum Gasteiger partial charge on any atom is -0.494 e. The molecule has 3 amide bonds. The molecule has 1 aromatic carbocycles. The summed E-state index contributed by atoms with van der Waals surface area (Å²) in [6, 6.07) is 6.40. The zero-order chi connectivity index (χ0) is 30.5. The molecule has 3 aliphatic rings. The number of nitrogens with zero attached hydrogens (tertiary/aromatic N) is 3. The molecule has 3 aliphatic heterocycles. The van der Waals surface area contributed by atoms with Gasteiger partial charge in [-0.3, -0.25) is 14.4 Å². The molecule has 3 heterocycles. The standard InChI is InChI=1S/C33H47N3O6/c1-6-11-12-21-34(19-7-2)31(40)28-33-18-17-32(9-4,42-33)26(27(33)30(39)36(28)22-23-37)29(38)35(20-8-3)24-13-15-25(16-14-24)41-10-5/h7-8,13-16,26-28,37H,2-3,6,9-12,17-23H2,1,4-5H3/t26-,27+,28?,32+,33?/m1/s1. The van der Waals surface area contributed by atoms with Gasteiger partial charge in [0.15, 0.2) is 0 Å². The number of amides is 3. The van der Waals surface area contributed by atoms with Gasteiger partial charge in [-0.15, -0.1) is 13.2 Å². The lowest BCUT2D eigenvalue weighted by Crippen LogP contribution is -2.56. The minimum absolute atomic E-state index is 0.00301. The molecule has 2 bridgehead atoms. The monoisotopic (exact) mass is 581 g/mol. The number of aliphatic hydroxyl groups is 1. The first-order valence-electron chi connectivity index (χ1n) is 15.4. The third kappa shape index (κ3) is 5.37. The molecule has 1 N–H and O–H groups in total. The number of benzene rings is 1. The highest BCUT2D eigenvalue weighted by atomic mass is 16.5. The van der Waals surface area contributed by atoms with Crippen molar-refractivity contribution >= 4 is 23.4 Å². The van der Waals surface area contributed by atoms with Crippen LogP contribution in [0.2, 0.25) is 0 Å². The summed E-state index contributed by atoms with van der Waals surface area (Å²) in [5.41, 5.74) is -1.33. The highest BCUT2D eigenvalue weighted by Gasteiger charge is 2.79. The van der Waals surface area contributed by atoms with Crippen LogP contribution in [0.15, 0.2) is 49.6 Å². The van der Waals surface area contributed by atoms with Gasteiger partial charge in [0, 0.05) is 31.9 Å². The van der Waals surface area contributed by atoms with Crippen LogP contribution in [0.25, 0.3) is 0 Å². The molecule has 0 saturated carbocycles.